The highest BCUT2D eigenvalue weighted by molar-refractivity contribution is 5.63. The Morgan fingerprint density at radius 3 is 2.43 bits per heavy atom. The van der Waals surface area contributed by atoms with Crippen LogP contribution in [-0.4, -0.2) is 21.6 Å². The van der Waals surface area contributed by atoms with E-state index in [1.165, 1.54) is 0 Å². The van der Waals surface area contributed by atoms with Crippen LogP contribution in [0.15, 0.2) is 24.2 Å². The van der Waals surface area contributed by atoms with Crippen LogP contribution in [0.4, 0.5) is 0 Å². The van der Waals surface area contributed by atoms with Crippen LogP contribution >= 0.6 is 0 Å². The molecule has 1 rings (SSSR count). The molecule has 0 atom stereocenters. The first-order valence-electron chi connectivity index (χ1n) is 4.56. The highest BCUT2D eigenvalue weighted by atomic mass is 16.3. The van der Waals surface area contributed by atoms with Crippen molar-refractivity contribution in [1.82, 2.24) is 9.97 Å². The van der Waals surface area contributed by atoms with Gasteiger partial charge in [0.2, 0.25) is 0 Å². The van der Waals surface area contributed by atoms with Crippen molar-refractivity contribution < 1.29 is 5.11 Å². The molecule has 0 saturated carbocycles. The zero-order chi connectivity index (χ0) is 10.6. The molecular weight excluding hydrogens is 178 g/mol. The van der Waals surface area contributed by atoms with E-state index in [2.05, 4.69) is 9.97 Å². The van der Waals surface area contributed by atoms with Crippen molar-refractivity contribution in [1.29, 1.82) is 0 Å². The largest absolute Gasteiger partial charge is 0.512 e. The lowest BCUT2D eigenvalue weighted by Crippen LogP contribution is -2.10. The van der Waals surface area contributed by atoms with Gasteiger partial charge in [0.05, 0.1) is 0 Å². The van der Waals surface area contributed by atoms with Gasteiger partial charge >= 0.3 is 0 Å². The van der Waals surface area contributed by atoms with Gasteiger partial charge in [-0.05, 0) is 6.07 Å². The molecule has 1 heterocycles. The number of aliphatic hydroxyl groups is 1. The summed E-state index contributed by atoms with van der Waals surface area (Å²) >= 11 is 0. The van der Waals surface area contributed by atoms with Gasteiger partial charge in [-0.15, -0.1) is 0 Å². The lowest BCUT2D eigenvalue weighted by molar-refractivity contribution is 0.353. The van der Waals surface area contributed by atoms with Crippen molar-refractivity contribution in [3.05, 3.63) is 30.0 Å². The summed E-state index contributed by atoms with van der Waals surface area (Å²) in [6.45, 7) is 4.04. The molecule has 4 heteroatoms. The van der Waals surface area contributed by atoms with Crippen molar-refractivity contribution in [2.24, 2.45) is 11.7 Å². The van der Waals surface area contributed by atoms with Crippen molar-refractivity contribution >= 4 is 5.57 Å². The van der Waals surface area contributed by atoms with Gasteiger partial charge in [-0.2, -0.15) is 0 Å². The van der Waals surface area contributed by atoms with Gasteiger partial charge < -0.3 is 10.8 Å². The number of hydrogen-bond donors (Lipinski definition) is 2. The van der Waals surface area contributed by atoms with E-state index in [-0.39, 0.29) is 18.2 Å². The molecule has 4 nitrogen and oxygen atoms in total. The third-order valence-corrected chi connectivity index (χ3v) is 1.90. The molecule has 0 radical (unpaired) electrons. The van der Waals surface area contributed by atoms with Crippen LogP contribution in [0, 0.1) is 5.92 Å². The highest BCUT2D eigenvalue weighted by Crippen LogP contribution is 2.17. The van der Waals surface area contributed by atoms with Gasteiger partial charge in [0.25, 0.3) is 0 Å². The zero-order valence-electron chi connectivity index (χ0n) is 8.44. The highest BCUT2D eigenvalue weighted by Gasteiger charge is 2.11. The molecule has 0 aliphatic heterocycles. The SMILES string of the molecule is CC(C)C(O)=C(CN)c1ncccn1. The quantitative estimate of drug-likeness (QED) is 0.711. The second-order valence-corrected chi connectivity index (χ2v) is 3.30. The first-order valence-corrected chi connectivity index (χ1v) is 4.56. The van der Waals surface area contributed by atoms with Crippen molar-refractivity contribution in [3.63, 3.8) is 0 Å². The molecule has 0 aliphatic carbocycles. The predicted molar refractivity (Wildman–Crippen MR) is 55.5 cm³/mol. The van der Waals surface area contributed by atoms with Crippen LogP contribution in [0.1, 0.15) is 19.7 Å². The third-order valence-electron chi connectivity index (χ3n) is 1.90. The minimum absolute atomic E-state index is 0.0392. The molecule has 1 aromatic heterocycles. The summed E-state index contributed by atoms with van der Waals surface area (Å²) in [6.07, 6.45) is 3.26. The number of aromatic nitrogens is 2. The summed E-state index contributed by atoms with van der Waals surface area (Å²) in [5.41, 5.74) is 6.16. The van der Waals surface area contributed by atoms with Gasteiger partial charge in [-0.3, -0.25) is 0 Å². The molecule has 3 N–H and O–H groups in total. The van der Waals surface area contributed by atoms with E-state index < -0.39 is 0 Å². The second-order valence-electron chi connectivity index (χ2n) is 3.30. The summed E-state index contributed by atoms with van der Waals surface area (Å²) in [5, 5.41) is 9.76. The molecule has 0 amide bonds. The maximum absolute atomic E-state index is 9.76. The van der Waals surface area contributed by atoms with E-state index in [9.17, 15) is 5.11 Å². The topological polar surface area (TPSA) is 72.0 Å². The second kappa shape index (κ2) is 4.72. The molecular formula is C10H15N3O. The first-order chi connectivity index (χ1) is 6.66. The van der Waals surface area contributed by atoms with Crippen LogP contribution in [-0.2, 0) is 0 Å². The Morgan fingerprint density at radius 1 is 1.43 bits per heavy atom. The molecule has 0 unspecified atom stereocenters. The monoisotopic (exact) mass is 193 g/mol. The molecule has 0 spiro atoms. The number of hydrogen-bond acceptors (Lipinski definition) is 4. The maximum Gasteiger partial charge on any atom is 0.159 e. The summed E-state index contributed by atoms with van der Waals surface area (Å²) in [7, 11) is 0. The van der Waals surface area contributed by atoms with E-state index in [1.54, 1.807) is 18.5 Å². The van der Waals surface area contributed by atoms with Crippen LogP contribution < -0.4 is 5.73 Å². The maximum atomic E-state index is 9.76. The van der Waals surface area contributed by atoms with E-state index >= 15 is 0 Å². The summed E-state index contributed by atoms with van der Waals surface area (Å²) < 4.78 is 0. The van der Waals surface area contributed by atoms with Crippen LogP contribution in [0.25, 0.3) is 5.57 Å². The fourth-order valence-corrected chi connectivity index (χ4v) is 1.11. The molecule has 76 valence electrons. The number of nitrogens with zero attached hydrogens (tertiary/aromatic N) is 2. The number of nitrogens with two attached hydrogens (primary N) is 1. The molecule has 0 aromatic carbocycles. The zero-order valence-corrected chi connectivity index (χ0v) is 8.44. The first kappa shape index (κ1) is 10.7. The number of rotatable bonds is 3. The normalized spacial score (nSPS) is 12.9. The minimum Gasteiger partial charge on any atom is -0.512 e. The van der Waals surface area contributed by atoms with E-state index in [1.807, 2.05) is 13.8 Å². The molecule has 0 bridgehead atoms. The Labute approximate surface area is 83.5 Å². The molecule has 0 saturated heterocycles. The Kier molecular flexibility index (Phi) is 3.59. The molecule has 1 aromatic rings. The third kappa shape index (κ3) is 2.29. The Morgan fingerprint density at radius 2 is 2.00 bits per heavy atom. The fraction of sp³-hybridized carbons (Fsp3) is 0.400. The van der Waals surface area contributed by atoms with Crippen molar-refractivity contribution in [2.75, 3.05) is 6.54 Å². The van der Waals surface area contributed by atoms with Gasteiger partial charge in [0.15, 0.2) is 5.82 Å². The van der Waals surface area contributed by atoms with E-state index in [4.69, 9.17) is 5.73 Å². The fourth-order valence-electron chi connectivity index (χ4n) is 1.11. The van der Waals surface area contributed by atoms with Crippen LogP contribution in [0.3, 0.4) is 0 Å². The van der Waals surface area contributed by atoms with Crippen molar-refractivity contribution in [2.45, 2.75) is 13.8 Å². The van der Waals surface area contributed by atoms with Crippen LogP contribution in [0.2, 0.25) is 0 Å². The predicted octanol–water partition coefficient (Wildman–Crippen LogP) is 1.36. The summed E-state index contributed by atoms with van der Waals surface area (Å²) in [5.74, 6) is 0.803. The smallest absolute Gasteiger partial charge is 0.159 e. The molecule has 0 fully saturated rings. The number of aliphatic hydroxyl groups excluding tert-OH is 1. The van der Waals surface area contributed by atoms with Crippen LogP contribution in [0.5, 0.6) is 0 Å². The summed E-state index contributed by atoms with van der Waals surface area (Å²) in [4.78, 5) is 8.09. The van der Waals surface area contributed by atoms with Gasteiger partial charge in [0, 0.05) is 30.4 Å². The average molecular weight is 193 g/mol. The van der Waals surface area contributed by atoms with Crippen molar-refractivity contribution in [3.8, 4) is 0 Å². The lowest BCUT2D eigenvalue weighted by atomic mass is 10.1. The molecule has 0 aliphatic rings. The van der Waals surface area contributed by atoms with E-state index in [0.29, 0.717) is 11.4 Å². The van der Waals surface area contributed by atoms with E-state index in [0.717, 1.165) is 0 Å². The van der Waals surface area contributed by atoms with Gasteiger partial charge in [-0.1, -0.05) is 13.8 Å². The standard InChI is InChI=1S/C10H15N3O/c1-7(2)9(14)8(6-11)10-12-4-3-5-13-10/h3-5,7,14H,6,11H2,1-2H3. The Hall–Kier alpha value is -1.42. The van der Waals surface area contributed by atoms with Gasteiger partial charge in [-0.25, -0.2) is 9.97 Å². The van der Waals surface area contributed by atoms with Gasteiger partial charge in [0.1, 0.15) is 5.76 Å². The Bertz CT molecular complexity index is 319. The molecule has 14 heavy (non-hydrogen) atoms. The minimum atomic E-state index is 0.0392. The summed E-state index contributed by atoms with van der Waals surface area (Å²) in [6, 6.07) is 1.73. The average Bonchev–Trinajstić information content (AvgIpc) is 2.20. The Balaban J connectivity index is 3.11. The number of allylic oxidation sites excluding steroid dienone is 1. The lowest BCUT2D eigenvalue weighted by Gasteiger charge is -2.09.